The minimum atomic E-state index is -0.0219. The third-order valence-corrected chi connectivity index (χ3v) is 5.68. The molecule has 1 unspecified atom stereocenters. The quantitative estimate of drug-likeness (QED) is 0.844. The molecule has 26 heavy (non-hydrogen) atoms. The standard InChI is InChI=1S/C21H32N2O3/c1-14(2)13-23-17-6-5-7-18(23)12-16(11-17)22-21(24)15-8-9-19(25-3)20(10-15)26-4/h8-10,14,16-18H,5-7,11-13H2,1-4H3,(H,22,24)/t16?,17-,18+. The van der Waals surface area contributed by atoms with Crippen molar-refractivity contribution in [1.29, 1.82) is 0 Å². The monoisotopic (exact) mass is 360 g/mol. The van der Waals surface area contributed by atoms with Crippen LogP contribution >= 0.6 is 0 Å². The Morgan fingerprint density at radius 1 is 1.15 bits per heavy atom. The number of carbonyl (C=O) groups excluding carboxylic acids is 1. The van der Waals surface area contributed by atoms with Crippen molar-refractivity contribution in [1.82, 2.24) is 10.2 Å². The summed E-state index contributed by atoms with van der Waals surface area (Å²) in [6.07, 6.45) is 5.95. The van der Waals surface area contributed by atoms with Gasteiger partial charge in [-0.3, -0.25) is 9.69 Å². The first-order valence-electron chi connectivity index (χ1n) is 9.80. The molecular formula is C21H32N2O3. The van der Waals surface area contributed by atoms with E-state index in [0.29, 0.717) is 35.1 Å². The van der Waals surface area contributed by atoms with Crippen molar-refractivity contribution in [2.45, 2.75) is 64.1 Å². The van der Waals surface area contributed by atoms with Gasteiger partial charge >= 0.3 is 0 Å². The van der Waals surface area contributed by atoms with E-state index in [1.807, 2.05) is 0 Å². The minimum absolute atomic E-state index is 0.0219. The number of methoxy groups -OCH3 is 2. The van der Waals surface area contributed by atoms with Crippen molar-refractivity contribution in [3.05, 3.63) is 23.8 Å². The molecule has 0 radical (unpaired) electrons. The second kappa shape index (κ2) is 8.30. The van der Waals surface area contributed by atoms with Crippen LogP contribution in [-0.2, 0) is 0 Å². The number of nitrogens with zero attached hydrogens (tertiary/aromatic N) is 1. The highest BCUT2D eigenvalue weighted by Crippen LogP contribution is 2.35. The molecule has 3 rings (SSSR count). The first-order valence-corrected chi connectivity index (χ1v) is 9.80. The first kappa shape index (κ1) is 19.0. The number of rotatable bonds is 6. The average molecular weight is 360 g/mol. The van der Waals surface area contributed by atoms with Crippen molar-refractivity contribution in [2.75, 3.05) is 20.8 Å². The molecule has 5 nitrogen and oxygen atoms in total. The molecule has 2 aliphatic rings. The molecule has 5 heteroatoms. The Bertz CT molecular complexity index is 618. The number of carbonyl (C=O) groups is 1. The topological polar surface area (TPSA) is 50.8 Å². The summed E-state index contributed by atoms with van der Waals surface area (Å²) in [5.41, 5.74) is 0.623. The smallest absolute Gasteiger partial charge is 0.251 e. The molecular weight excluding hydrogens is 328 g/mol. The largest absolute Gasteiger partial charge is 0.493 e. The molecule has 144 valence electrons. The van der Waals surface area contributed by atoms with Crippen molar-refractivity contribution in [3.63, 3.8) is 0 Å². The van der Waals surface area contributed by atoms with E-state index in [0.717, 1.165) is 12.8 Å². The molecule has 1 amide bonds. The van der Waals surface area contributed by atoms with Crippen molar-refractivity contribution >= 4 is 5.91 Å². The maximum absolute atomic E-state index is 12.7. The van der Waals surface area contributed by atoms with E-state index in [1.165, 1.54) is 25.8 Å². The number of ether oxygens (including phenoxy) is 2. The van der Waals surface area contributed by atoms with Gasteiger partial charge in [0.05, 0.1) is 14.2 Å². The van der Waals surface area contributed by atoms with Crippen molar-refractivity contribution < 1.29 is 14.3 Å². The second-order valence-electron chi connectivity index (χ2n) is 8.04. The molecule has 0 saturated carbocycles. The summed E-state index contributed by atoms with van der Waals surface area (Å²) < 4.78 is 10.6. The third kappa shape index (κ3) is 4.14. The maximum atomic E-state index is 12.7. The van der Waals surface area contributed by atoms with Gasteiger partial charge in [0.2, 0.25) is 0 Å². The zero-order valence-corrected chi connectivity index (χ0v) is 16.5. The number of hydrogen-bond acceptors (Lipinski definition) is 4. The van der Waals surface area contributed by atoms with Gasteiger partial charge in [0.1, 0.15) is 0 Å². The van der Waals surface area contributed by atoms with Crippen molar-refractivity contribution in [3.8, 4) is 11.5 Å². The Labute approximate surface area is 157 Å². The Kier molecular flexibility index (Phi) is 6.07. The molecule has 2 saturated heterocycles. The molecule has 2 fully saturated rings. The van der Waals surface area contributed by atoms with E-state index < -0.39 is 0 Å². The minimum Gasteiger partial charge on any atom is -0.493 e. The number of amides is 1. The van der Waals surface area contributed by atoms with Gasteiger partial charge in [-0.05, 0) is 49.8 Å². The van der Waals surface area contributed by atoms with E-state index in [1.54, 1.807) is 32.4 Å². The van der Waals surface area contributed by atoms with Gasteiger partial charge in [-0.1, -0.05) is 20.3 Å². The Hall–Kier alpha value is -1.75. The second-order valence-corrected chi connectivity index (χ2v) is 8.04. The van der Waals surface area contributed by atoms with Gasteiger partial charge in [-0.2, -0.15) is 0 Å². The number of hydrogen-bond donors (Lipinski definition) is 1. The molecule has 0 aromatic heterocycles. The van der Waals surface area contributed by atoms with Gasteiger partial charge < -0.3 is 14.8 Å². The summed E-state index contributed by atoms with van der Waals surface area (Å²) in [7, 11) is 3.19. The maximum Gasteiger partial charge on any atom is 0.251 e. The van der Waals surface area contributed by atoms with Crippen LogP contribution in [0.4, 0.5) is 0 Å². The number of piperidine rings is 2. The summed E-state index contributed by atoms with van der Waals surface area (Å²) in [5, 5.41) is 3.26. The van der Waals surface area contributed by atoms with Gasteiger partial charge in [-0.25, -0.2) is 0 Å². The lowest BCUT2D eigenvalue weighted by Gasteiger charge is -2.49. The summed E-state index contributed by atoms with van der Waals surface area (Å²) in [4.78, 5) is 15.4. The van der Waals surface area contributed by atoms with E-state index in [9.17, 15) is 4.79 Å². The van der Waals surface area contributed by atoms with E-state index in [-0.39, 0.29) is 11.9 Å². The van der Waals surface area contributed by atoms with Crippen LogP contribution in [0, 0.1) is 5.92 Å². The Morgan fingerprint density at radius 3 is 2.38 bits per heavy atom. The molecule has 2 aliphatic heterocycles. The van der Waals surface area contributed by atoms with Crippen LogP contribution in [0.25, 0.3) is 0 Å². The molecule has 1 aromatic rings. The van der Waals surface area contributed by atoms with Crippen molar-refractivity contribution in [2.24, 2.45) is 5.92 Å². The SMILES string of the molecule is COc1ccc(C(=O)NC2C[C@H]3CCC[C@@H](C2)N3CC(C)C)cc1OC. The molecule has 1 N–H and O–H groups in total. The number of nitrogens with one attached hydrogen (secondary N) is 1. The summed E-state index contributed by atoms with van der Waals surface area (Å²) >= 11 is 0. The summed E-state index contributed by atoms with van der Waals surface area (Å²) in [6, 6.07) is 6.82. The summed E-state index contributed by atoms with van der Waals surface area (Å²) in [6.45, 7) is 5.76. The molecule has 1 aromatic carbocycles. The third-order valence-electron chi connectivity index (χ3n) is 5.68. The van der Waals surface area contributed by atoms with Crippen LogP contribution in [0.15, 0.2) is 18.2 Å². The predicted octanol–water partition coefficient (Wildman–Crippen LogP) is 3.48. The van der Waals surface area contributed by atoms with Crippen LogP contribution in [0.1, 0.15) is 56.3 Å². The summed E-state index contributed by atoms with van der Waals surface area (Å²) in [5.74, 6) is 1.90. The zero-order valence-electron chi connectivity index (χ0n) is 16.5. The lowest BCUT2D eigenvalue weighted by molar-refractivity contribution is 0.0158. The van der Waals surface area contributed by atoms with Gasteiger partial charge in [0.25, 0.3) is 5.91 Å². The number of fused-ring (bicyclic) bond motifs is 2. The van der Waals surface area contributed by atoms with Crippen LogP contribution < -0.4 is 14.8 Å². The fraction of sp³-hybridized carbons (Fsp3) is 0.667. The predicted molar refractivity (Wildman–Crippen MR) is 103 cm³/mol. The van der Waals surface area contributed by atoms with Crippen LogP contribution in [0.2, 0.25) is 0 Å². The molecule has 0 aliphatic carbocycles. The van der Waals surface area contributed by atoms with Crippen LogP contribution in [0.3, 0.4) is 0 Å². The lowest BCUT2D eigenvalue weighted by atomic mass is 9.81. The van der Waals surface area contributed by atoms with E-state index in [4.69, 9.17) is 9.47 Å². The number of benzene rings is 1. The molecule has 0 spiro atoms. The van der Waals surface area contributed by atoms with Gasteiger partial charge in [-0.15, -0.1) is 0 Å². The Morgan fingerprint density at radius 2 is 1.81 bits per heavy atom. The lowest BCUT2D eigenvalue weighted by Crippen LogP contribution is -2.57. The van der Waals surface area contributed by atoms with Gasteiger partial charge in [0, 0.05) is 30.2 Å². The normalized spacial score (nSPS) is 25.8. The fourth-order valence-electron chi connectivity index (χ4n) is 4.56. The highest BCUT2D eigenvalue weighted by molar-refractivity contribution is 5.95. The Balaban J connectivity index is 1.65. The van der Waals surface area contributed by atoms with Gasteiger partial charge in [0.15, 0.2) is 11.5 Å². The first-order chi connectivity index (χ1) is 12.5. The highest BCUT2D eigenvalue weighted by Gasteiger charge is 2.38. The molecule has 3 atom stereocenters. The van der Waals surface area contributed by atoms with Crippen LogP contribution in [0.5, 0.6) is 11.5 Å². The molecule has 2 heterocycles. The highest BCUT2D eigenvalue weighted by atomic mass is 16.5. The fourth-order valence-corrected chi connectivity index (χ4v) is 4.56. The van der Waals surface area contributed by atoms with E-state index >= 15 is 0 Å². The average Bonchev–Trinajstić information content (AvgIpc) is 2.61. The zero-order chi connectivity index (χ0) is 18.7. The van der Waals surface area contributed by atoms with Crippen LogP contribution in [-0.4, -0.2) is 49.7 Å². The van der Waals surface area contributed by atoms with E-state index in [2.05, 4.69) is 24.1 Å². The molecule has 2 bridgehead atoms.